The monoisotopic (exact) mass is 278 g/mol. The number of nitrogens with one attached hydrogen (secondary N) is 1. The van der Waals surface area contributed by atoms with Crippen molar-refractivity contribution < 1.29 is 4.42 Å². The van der Waals surface area contributed by atoms with Crippen LogP contribution in [0.4, 0.5) is 0 Å². The number of furan rings is 1. The van der Waals surface area contributed by atoms with Crippen molar-refractivity contribution in [2.45, 2.75) is 78.6 Å². The largest absolute Gasteiger partial charge is 0.465 e. The van der Waals surface area contributed by atoms with Gasteiger partial charge in [0.05, 0.1) is 6.54 Å². The first-order valence-electron chi connectivity index (χ1n) is 8.20. The van der Waals surface area contributed by atoms with Crippen molar-refractivity contribution in [3.8, 4) is 0 Å². The summed E-state index contributed by atoms with van der Waals surface area (Å²) in [5, 5.41) is 3.41. The van der Waals surface area contributed by atoms with Gasteiger partial charge in [-0.2, -0.15) is 0 Å². The normalized spacial score (nSPS) is 23.6. The van der Waals surface area contributed by atoms with Gasteiger partial charge in [0.25, 0.3) is 0 Å². The molecule has 1 aromatic rings. The Kier molecular flexibility index (Phi) is 5.67. The first-order valence-corrected chi connectivity index (χ1v) is 8.20. The van der Waals surface area contributed by atoms with Gasteiger partial charge in [0, 0.05) is 24.2 Å². The zero-order chi connectivity index (χ0) is 14.5. The van der Waals surface area contributed by atoms with Crippen molar-refractivity contribution >= 4 is 0 Å². The van der Waals surface area contributed by atoms with Gasteiger partial charge < -0.3 is 9.73 Å². The second-order valence-corrected chi connectivity index (χ2v) is 6.13. The second kappa shape index (κ2) is 7.28. The van der Waals surface area contributed by atoms with E-state index in [-0.39, 0.29) is 0 Å². The highest BCUT2D eigenvalue weighted by atomic mass is 16.3. The summed E-state index contributed by atoms with van der Waals surface area (Å²) in [6.07, 6.45) is 5.10. The van der Waals surface area contributed by atoms with Gasteiger partial charge in [0.1, 0.15) is 11.5 Å². The van der Waals surface area contributed by atoms with Gasteiger partial charge in [-0.05, 0) is 52.1 Å². The van der Waals surface area contributed by atoms with Crippen LogP contribution in [0.3, 0.4) is 0 Å². The van der Waals surface area contributed by atoms with E-state index in [0.29, 0.717) is 6.04 Å². The van der Waals surface area contributed by atoms with Gasteiger partial charge in [0.15, 0.2) is 0 Å². The minimum Gasteiger partial charge on any atom is -0.465 e. The maximum absolute atomic E-state index is 5.89. The lowest BCUT2D eigenvalue weighted by Gasteiger charge is -2.27. The van der Waals surface area contributed by atoms with Crippen LogP contribution in [0.2, 0.25) is 0 Å². The molecular weight excluding hydrogens is 248 g/mol. The van der Waals surface area contributed by atoms with Crippen molar-refractivity contribution in [2.75, 3.05) is 6.54 Å². The lowest BCUT2D eigenvalue weighted by molar-refractivity contribution is 0.188. The van der Waals surface area contributed by atoms with Crippen molar-refractivity contribution in [1.29, 1.82) is 0 Å². The van der Waals surface area contributed by atoms with Crippen LogP contribution in [0.5, 0.6) is 0 Å². The molecular formula is C17H30N2O. The van der Waals surface area contributed by atoms with E-state index in [4.69, 9.17) is 4.42 Å². The van der Waals surface area contributed by atoms with E-state index in [1.807, 2.05) is 0 Å². The van der Waals surface area contributed by atoms with Crippen LogP contribution in [-0.4, -0.2) is 23.5 Å². The average molecular weight is 278 g/mol. The molecule has 1 fully saturated rings. The Bertz CT molecular complexity index is 413. The Labute approximate surface area is 123 Å². The molecule has 1 N–H and O–H groups in total. The Balaban J connectivity index is 1.98. The van der Waals surface area contributed by atoms with Gasteiger partial charge in [-0.15, -0.1) is 0 Å². The summed E-state index contributed by atoms with van der Waals surface area (Å²) < 4.78 is 5.89. The molecule has 1 saturated heterocycles. The van der Waals surface area contributed by atoms with Crippen molar-refractivity contribution in [1.82, 2.24) is 10.2 Å². The molecule has 2 atom stereocenters. The van der Waals surface area contributed by atoms with Crippen LogP contribution in [0.25, 0.3) is 0 Å². The van der Waals surface area contributed by atoms with Crippen LogP contribution < -0.4 is 5.32 Å². The molecule has 0 amide bonds. The summed E-state index contributed by atoms with van der Waals surface area (Å²) in [6.45, 7) is 11.9. The Morgan fingerprint density at radius 2 is 2.15 bits per heavy atom. The van der Waals surface area contributed by atoms with Gasteiger partial charge in [0.2, 0.25) is 0 Å². The Morgan fingerprint density at radius 3 is 2.85 bits per heavy atom. The molecule has 2 rings (SSSR count). The summed E-state index contributed by atoms with van der Waals surface area (Å²) in [4.78, 5) is 2.65. The number of rotatable bonds is 7. The molecule has 0 spiro atoms. The van der Waals surface area contributed by atoms with Gasteiger partial charge in [-0.25, -0.2) is 0 Å². The molecule has 1 aromatic heterocycles. The maximum Gasteiger partial charge on any atom is 0.118 e. The Morgan fingerprint density at radius 1 is 1.35 bits per heavy atom. The number of hydrogen-bond donors (Lipinski definition) is 1. The fourth-order valence-electron chi connectivity index (χ4n) is 3.27. The van der Waals surface area contributed by atoms with Crippen LogP contribution >= 0.6 is 0 Å². The SMILES string of the molecule is CCCNCc1cc(CN2C(C)CCC2CC)c(C)o1. The highest BCUT2D eigenvalue weighted by molar-refractivity contribution is 5.21. The van der Waals surface area contributed by atoms with E-state index in [1.54, 1.807) is 0 Å². The molecule has 1 aliphatic rings. The molecule has 2 heterocycles. The summed E-state index contributed by atoms with van der Waals surface area (Å²) in [7, 11) is 0. The predicted molar refractivity (Wildman–Crippen MR) is 83.8 cm³/mol. The summed E-state index contributed by atoms with van der Waals surface area (Å²) in [5.74, 6) is 2.16. The first kappa shape index (κ1) is 15.6. The highest BCUT2D eigenvalue weighted by Gasteiger charge is 2.29. The average Bonchev–Trinajstić information content (AvgIpc) is 2.95. The third kappa shape index (κ3) is 3.64. The van der Waals surface area contributed by atoms with E-state index in [1.165, 1.54) is 24.8 Å². The summed E-state index contributed by atoms with van der Waals surface area (Å²) in [5.41, 5.74) is 1.37. The minimum atomic E-state index is 0.705. The minimum absolute atomic E-state index is 0.705. The van der Waals surface area contributed by atoms with Crippen molar-refractivity contribution in [2.24, 2.45) is 0 Å². The molecule has 20 heavy (non-hydrogen) atoms. The van der Waals surface area contributed by atoms with Crippen molar-refractivity contribution in [3.63, 3.8) is 0 Å². The molecule has 3 heteroatoms. The molecule has 0 aromatic carbocycles. The van der Waals surface area contributed by atoms with E-state index in [9.17, 15) is 0 Å². The maximum atomic E-state index is 5.89. The molecule has 2 unspecified atom stereocenters. The molecule has 0 radical (unpaired) electrons. The van der Waals surface area contributed by atoms with Gasteiger partial charge >= 0.3 is 0 Å². The summed E-state index contributed by atoms with van der Waals surface area (Å²) >= 11 is 0. The van der Waals surface area contributed by atoms with Crippen LogP contribution in [0.1, 0.15) is 63.5 Å². The van der Waals surface area contributed by atoms with Gasteiger partial charge in [-0.3, -0.25) is 4.90 Å². The highest BCUT2D eigenvalue weighted by Crippen LogP contribution is 2.29. The molecule has 0 aliphatic carbocycles. The smallest absolute Gasteiger partial charge is 0.118 e. The van der Waals surface area contributed by atoms with E-state index in [2.05, 4.69) is 44.0 Å². The third-order valence-corrected chi connectivity index (χ3v) is 4.57. The topological polar surface area (TPSA) is 28.4 Å². The number of hydrogen-bond acceptors (Lipinski definition) is 3. The van der Waals surface area contributed by atoms with Crippen LogP contribution in [0.15, 0.2) is 10.5 Å². The van der Waals surface area contributed by atoms with E-state index < -0.39 is 0 Å². The molecule has 1 aliphatic heterocycles. The second-order valence-electron chi connectivity index (χ2n) is 6.13. The fourth-order valence-corrected chi connectivity index (χ4v) is 3.27. The predicted octanol–water partition coefficient (Wildman–Crippen LogP) is 3.85. The van der Waals surface area contributed by atoms with E-state index >= 15 is 0 Å². The quantitative estimate of drug-likeness (QED) is 0.768. The van der Waals surface area contributed by atoms with Crippen molar-refractivity contribution in [3.05, 3.63) is 23.2 Å². The summed E-state index contributed by atoms with van der Waals surface area (Å²) in [6, 6.07) is 3.70. The zero-order valence-electron chi connectivity index (χ0n) is 13.5. The number of nitrogens with zero attached hydrogens (tertiary/aromatic N) is 1. The molecule has 114 valence electrons. The Hall–Kier alpha value is -0.800. The van der Waals surface area contributed by atoms with E-state index in [0.717, 1.165) is 43.6 Å². The lowest BCUT2D eigenvalue weighted by atomic mass is 10.1. The number of aryl methyl sites for hydroxylation is 1. The molecule has 0 bridgehead atoms. The molecule has 3 nitrogen and oxygen atoms in total. The zero-order valence-corrected chi connectivity index (χ0v) is 13.5. The number of likely N-dealkylation sites (tertiary alicyclic amines) is 1. The first-order chi connectivity index (χ1) is 9.65. The van der Waals surface area contributed by atoms with Crippen LogP contribution in [-0.2, 0) is 13.1 Å². The standard InChI is InChI=1S/C17H30N2O/c1-5-9-18-11-17-10-15(14(4)20-17)12-19-13(3)7-8-16(19)6-2/h10,13,16,18H,5-9,11-12H2,1-4H3. The van der Waals surface area contributed by atoms with Gasteiger partial charge in [-0.1, -0.05) is 13.8 Å². The fraction of sp³-hybridized carbons (Fsp3) is 0.765. The third-order valence-electron chi connectivity index (χ3n) is 4.57. The van der Waals surface area contributed by atoms with Crippen LogP contribution in [0, 0.1) is 6.92 Å². The molecule has 0 saturated carbocycles. The lowest BCUT2D eigenvalue weighted by Crippen LogP contribution is -2.33.